The van der Waals surface area contributed by atoms with E-state index in [4.69, 9.17) is 9.47 Å². The van der Waals surface area contributed by atoms with E-state index in [2.05, 4.69) is 19.2 Å². The van der Waals surface area contributed by atoms with Crippen molar-refractivity contribution < 1.29 is 14.6 Å². The maximum absolute atomic E-state index is 9.87. The molecule has 0 amide bonds. The lowest BCUT2D eigenvalue weighted by atomic mass is 9.85. The maximum atomic E-state index is 9.87. The summed E-state index contributed by atoms with van der Waals surface area (Å²) < 4.78 is 11.5. The van der Waals surface area contributed by atoms with Crippen LogP contribution in [0, 0.1) is 5.92 Å². The van der Waals surface area contributed by atoms with E-state index in [0.717, 1.165) is 39.1 Å². The normalized spacial score (nSPS) is 33.7. The molecule has 0 radical (unpaired) electrons. The number of ether oxygens (including phenoxy) is 2. The molecule has 0 aromatic heterocycles. The molecule has 1 aliphatic carbocycles. The summed E-state index contributed by atoms with van der Waals surface area (Å²) in [5.41, 5.74) is -0.0845. The molecule has 1 aliphatic heterocycles. The lowest BCUT2D eigenvalue weighted by Gasteiger charge is -2.37. The van der Waals surface area contributed by atoms with Crippen molar-refractivity contribution in [3.8, 4) is 0 Å². The fraction of sp³-hybridized carbons (Fsp3) is 1.00. The Morgan fingerprint density at radius 2 is 2.14 bits per heavy atom. The first-order chi connectivity index (χ1) is 10.2. The molecule has 3 unspecified atom stereocenters. The highest BCUT2D eigenvalue weighted by Crippen LogP contribution is 2.38. The van der Waals surface area contributed by atoms with Gasteiger partial charge in [0.2, 0.25) is 0 Å². The van der Waals surface area contributed by atoms with Crippen molar-refractivity contribution in [3.63, 3.8) is 0 Å². The van der Waals surface area contributed by atoms with Gasteiger partial charge in [-0.3, -0.25) is 0 Å². The van der Waals surface area contributed by atoms with Gasteiger partial charge in [-0.15, -0.1) is 0 Å². The average molecular weight is 299 g/mol. The van der Waals surface area contributed by atoms with Crippen LogP contribution in [0.25, 0.3) is 0 Å². The summed E-state index contributed by atoms with van der Waals surface area (Å²) in [7, 11) is 0. The molecule has 2 aliphatic rings. The topological polar surface area (TPSA) is 50.7 Å². The summed E-state index contributed by atoms with van der Waals surface area (Å²) in [5, 5.41) is 13.5. The van der Waals surface area contributed by atoms with Crippen LogP contribution < -0.4 is 5.32 Å². The number of hydrogen-bond acceptors (Lipinski definition) is 4. The molecule has 0 aromatic rings. The Morgan fingerprint density at radius 3 is 2.81 bits per heavy atom. The second-order valence-corrected chi connectivity index (χ2v) is 7.05. The van der Waals surface area contributed by atoms with Gasteiger partial charge in [-0.2, -0.15) is 0 Å². The van der Waals surface area contributed by atoms with Crippen molar-refractivity contribution in [1.82, 2.24) is 5.32 Å². The molecule has 2 N–H and O–H groups in total. The van der Waals surface area contributed by atoms with E-state index in [1.165, 1.54) is 25.7 Å². The quantitative estimate of drug-likeness (QED) is 0.676. The van der Waals surface area contributed by atoms with E-state index in [1.807, 2.05) is 0 Å². The molecule has 124 valence electrons. The van der Waals surface area contributed by atoms with Gasteiger partial charge in [-0.1, -0.05) is 20.3 Å². The van der Waals surface area contributed by atoms with Crippen molar-refractivity contribution >= 4 is 0 Å². The monoisotopic (exact) mass is 299 g/mol. The maximum Gasteiger partial charge on any atom is 0.0808 e. The molecule has 0 spiro atoms. The highest BCUT2D eigenvalue weighted by atomic mass is 16.5. The van der Waals surface area contributed by atoms with Gasteiger partial charge in [-0.05, 0) is 44.4 Å². The minimum atomic E-state index is -0.0845. The molecule has 0 bridgehead atoms. The van der Waals surface area contributed by atoms with Crippen LogP contribution in [0.3, 0.4) is 0 Å². The Morgan fingerprint density at radius 1 is 1.29 bits per heavy atom. The summed E-state index contributed by atoms with van der Waals surface area (Å²) in [6.45, 7) is 6.96. The molecular formula is C17H33NO3. The van der Waals surface area contributed by atoms with Gasteiger partial charge in [-0.25, -0.2) is 0 Å². The predicted molar refractivity (Wildman–Crippen MR) is 84.5 cm³/mol. The fourth-order valence-electron chi connectivity index (χ4n) is 3.96. The number of aliphatic hydroxyl groups excluding tert-OH is 1. The van der Waals surface area contributed by atoms with Crippen molar-refractivity contribution in [2.75, 3.05) is 26.4 Å². The lowest BCUT2D eigenvalue weighted by Crippen LogP contribution is -2.54. The molecule has 21 heavy (non-hydrogen) atoms. The van der Waals surface area contributed by atoms with E-state index in [1.54, 1.807) is 0 Å². The minimum absolute atomic E-state index is 0.0845. The highest BCUT2D eigenvalue weighted by Gasteiger charge is 2.42. The van der Waals surface area contributed by atoms with Crippen LogP contribution in [-0.4, -0.2) is 49.2 Å². The standard InChI is InChI=1S/C17H33NO3/c1-14(2)18-17(13-19)9-5-6-15(17)8-11-20-12-16-7-3-4-10-21-16/h14-16,18-19H,3-13H2,1-2H3. The van der Waals surface area contributed by atoms with Gasteiger partial charge in [0.1, 0.15) is 0 Å². The van der Waals surface area contributed by atoms with Crippen molar-refractivity contribution in [2.24, 2.45) is 5.92 Å². The predicted octanol–water partition coefficient (Wildman–Crippen LogP) is 2.49. The first-order valence-electron chi connectivity index (χ1n) is 8.74. The molecular weight excluding hydrogens is 266 g/mol. The Bertz CT molecular complexity index is 292. The molecule has 0 aromatic carbocycles. The van der Waals surface area contributed by atoms with Crippen molar-refractivity contribution in [3.05, 3.63) is 0 Å². The molecule has 4 heteroatoms. The number of hydrogen-bond donors (Lipinski definition) is 2. The first-order valence-corrected chi connectivity index (χ1v) is 8.74. The summed E-state index contributed by atoms with van der Waals surface area (Å²) in [6, 6.07) is 0.411. The summed E-state index contributed by atoms with van der Waals surface area (Å²) in [5.74, 6) is 0.525. The Balaban J connectivity index is 1.70. The Labute approximate surface area is 129 Å². The third-order valence-corrected chi connectivity index (χ3v) is 5.00. The smallest absolute Gasteiger partial charge is 0.0808 e. The second-order valence-electron chi connectivity index (χ2n) is 7.05. The largest absolute Gasteiger partial charge is 0.394 e. The molecule has 1 saturated heterocycles. The van der Waals surface area contributed by atoms with Gasteiger partial charge in [0.15, 0.2) is 0 Å². The molecule has 2 fully saturated rings. The Hall–Kier alpha value is -0.160. The minimum Gasteiger partial charge on any atom is -0.394 e. The summed E-state index contributed by atoms with van der Waals surface area (Å²) in [6.07, 6.45) is 8.42. The fourth-order valence-corrected chi connectivity index (χ4v) is 3.96. The van der Waals surface area contributed by atoms with E-state index >= 15 is 0 Å². The van der Waals surface area contributed by atoms with Crippen LogP contribution in [0.1, 0.15) is 58.8 Å². The number of aliphatic hydroxyl groups is 1. The average Bonchev–Trinajstić information content (AvgIpc) is 2.87. The zero-order valence-corrected chi connectivity index (χ0v) is 13.8. The van der Waals surface area contributed by atoms with Crippen molar-refractivity contribution in [1.29, 1.82) is 0 Å². The molecule has 1 saturated carbocycles. The number of nitrogens with one attached hydrogen (secondary N) is 1. The van der Waals surface area contributed by atoms with Crippen LogP contribution >= 0.6 is 0 Å². The van der Waals surface area contributed by atoms with E-state index in [-0.39, 0.29) is 12.1 Å². The second kappa shape index (κ2) is 8.47. The van der Waals surface area contributed by atoms with E-state index in [9.17, 15) is 5.11 Å². The summed E-state index contributed by atoms with van der Waals surface area (Å²) in [4.78, 5) is 0. The SMILES string of the molecule is CC(C)NC1(CO)CCCC1CCOCC1CCCCO1. The van der Waals surface area contributed by atoms with E-state index in [0.29, 0.717) is 18.1 Å². The third kappa shape index (κ3) is 4.92. The zero-order chi connectivity index (χ0) is 15.1. The van der Waals surface area contributed by atoms with Gasteiger partial charge in [0.25, 0.3) is 0 Å². The van der Waals surface area contributed by atoms with Crippen LogP contribution in [0.2, 0.25) is 0 Å². The van der Waals surface area contributed by atoms with Crippen LogP contribution in [0.4, 0.5) is 0 Å². The van der Waals surface area contributed by atoms with Gasteiger partial charge in [0, 0.05) is 24.8 Å². The molecule has 2 rings (SSSR count). The van der Waals surface area contributed by atoms with Gasteiger partial charge < -0.3 is 19.9 Å². The molecule has 1 heterocycles. The number of rotatable bonds is 8. The molecule has 3 atom stereocenters. The highest BCUT2D eigenvalue weighted by molar-refractivity contribution is 4.99. The van der Waals surface area contributed by atoms with Crippen LogP contribution in [-0.2, 0) is 9.47 Å². The lowest BCUT2D eigenvalue weighted by molar-refractivity contribution is -0.0443. The Kier molecular flexibility index (Phi) is 6.93. The van der Waals surface area contributed by atoms with Gasteiger partial charge >= 0.3 is 0 Å². The molecule has 4 nitrogen and oxygen atoms in total. The van der Waals surface area contributed by atoms with Crippen molar-refractivity contribution in [2.45, 2.75) is 76.5 Å². The third-order valence-electron chi connectivity index (χ3n) is 5.00. The van der Waals surface area contributed by atoms with Crippen LogP contribution in [0.5, 0.6) is 0 Å². The zero-order valence-electron chi connectivity index (χ0n) is 13.8. The van der Waals surface area contributed by atoms with Crippen LogP contribution in [0.15, 0.2) is 0 Å². The van der Waals surface area contributed by atoms with Gasteiger partial charge in [0.05, 0.1) is 19.3 Å². The summed E-state index contributed by atoms with van der Waals surface area (Å²) >= 11 is 0. The first kappa shape index (κ1) is 17.2. The van der Waals surface area contributed by atoms with E-state index < -0.39 is 0 Å².